The zero-order valence-electron chi connectivity index (χ0n) is 13.8. The minimum absolute atomic E-state index is 0.436. The Labute approximate surface area is 139 Å². The maximum atomic E-state index is 5.68. The van der Waals surface area contributed by atoms with Gasteiger partial charge in [-0.3, -0.25) is 0 Å². The largest absolute Gasteiger partial charge is 0.477 e. The van der Waals surface area contributed by atoms with Gasteiger partial charge < -0.3 is 14.2 Å². The molecule has 0 saturated carbocycles. The van der Waals surface area contributed by atoms with Crippen molar-refractivity contribution in [1.82, 2.24) is 24.8 Å². The third kappa shape index (κ3) is 2.78. The molecule has 0 unspecified atom stereocenters. The lowest BCUT2D eigenvalue weighted by atomic mass is 10.1. The molecule has 0 N–H and O–H groups in total. The summed E-state index contributed by atoms with van der Waals surface area (Å²) in [6.07, 6.45) is 2.68. The van der Waals surface area contributed by atoms with Crippen molar-refractivity contribution in [3.8, 4) is 28.7 Å². The van der Waals surface area contributed by atoms with Gasteiger partial charge in [-0.1, -0.05) is 29.4 Å². The Kier molecular flexibility index (Phi) is 3.78. The van der Waals surface area contributed by atoms with Gasteiger partial charge in [0.25, 0.3) is 5.89 Å². The molecule has 7 heteroatoms. The van der Waals surface area contributed by atoms with Crippen molar-refractivity contribution in [1.29, 1.82) is 0 Å². The average molecular weight is 325 g/mol. The zero-order chi connectivity index (χ0) is 16.5. The second-order valence-corrected chi connectivity index (χ2v) is 6.15. The molecule has 0 radical (unpaired) electrons. The molecule has 1 aromatic carbocycles. The number of fused-ring (bicyclic) bond motifs is 1. The third-order valence-electron chi connectivity index (χ3n) is 3.91. The lowest BCUT2D eigenvalue weighted by molar-refractivity contribution is 0.231. The quantitative estimate of drug-likeness (QED) is 0.734. The Bertz CT molecular complexity index is 835. The van der Waals surface area contributed by atoms with E-state index in [0.29, 0.717) is 24.2 Å². The molecule has 1 aliphatic heterocycles. The van der Waals surface area contributed by atoms with Crippen LogP contribution in [0.25, 0.3) is 22.8 Å². The number of hydrogen-bond acceptors (Lipinski definition) is 6. The van der Waals surface area contributed by atoms with E-state index >= 15 is 0 Å². The lowest BCUT2D eigenvalue weighted by Crippen LogP contribution is -2.14. The van der Waals surface area contributed by atoms with Gasteiger partial charge in [-0.25, -0.2) is 4.68 Å². The molecule has 0 fully saturated rings. The van der Waals surface area contributed by atoms with E-state index < -0.39 is 0 Å². The molecule has 0 aliphatic carbocycles. The molecule has 24 heavy (non-hydrogen) atoms. The highest BCUT2D eigenvalue weighted by Gasteiger charge is 2.22. The number of aryl methyl sites for hydroxylation is 1. The van der Waals surface area contributed by atoms with Crippen molar-refractivity contribution in [2.24, 2.45) is 0 Å². The summed E-state index contributed by atoms with van der Waals surface area (Å²) in [6.45, 7) is 2.44. The van der Waals surface area contributed by atoms with Crippen LogP contribution in [-0.2, 0) is 13.1 Å². The molecular weight excluding hydrogens is 306 g/mol. The second-order valence-electron chi connectivity index (χ2n) is 6.15. The molecule has 1 aliphatic rings. The summed E-state index contributed by atoms with van der Waals surface area (Å²) < 4.78 is 12.9. The smallest absolute Gasteiger partial charge is 0.265 e. The topological polar surface area (TPSA) is 69.2 Å². The Morgan fingerprint density at radius 3 is 2.83 bits per heavy atom. The molecule has 0 bridgehead atoms. The first-order valence-electron chi connectivity index (χ1n) is 7.97. The molecule has 4 rings (SSSR count). The molecule has 3 heterocycles. The summed E-state index contributed by atoms with van der Waals surface area (Å²) in [7, 11) is 4.10. The fourth-order valence-electron chi connectivity index (χ4n) is 2.79. The van der Waals surface area contributed by atoms with Crippen LogP contribution in [0.1, 0.15) is 12.0 Å². The summed E-state index contributed by atoms with van der Waals surface area (Å²) >= 11 is 0. The van der Waals surface area contributed by atoms with E-state index in [1.54, 1.807) is 6.20 Å². The molecule has 0 amide bonds. The van der Waals surface area contributed by atoms with Crippen LogP contribution in [0.15, 0.2) is 35.0 Å². The number of rotatable bonds is 4. The van der Waals surface area contributed by atoms with Crippen molar-refractivity contribution in [2.75, 3.05) is 20.7 Å². The van der Waals surface area contributed by atoms with Gasteiger partial charge in [0.05, 0.1) is 12.8 Å². The number of benzene rings is 1. The standard InChI is InChI=1S/C17H19N5O2/c1-21(2)11-12-4-6-13(7-5-12)15-19-16(24-20-15)14-10-18-22-8-3-9-23-17(14)22/h4-7,10H,3,8-9,11H2,1-2H3. The highest BCUT2D eigenvalue weighted by Crippen LogP contribution is 2.32. The van der Waals surface area contributed by atoms with E-state index in [2.05, 4.69) is 32.3 Å². The third-order valence-corrected chi connectivity index (χ3v) is 3.91. The first-order chi connectivity index (χ1) is 11.7. The van der Waals surface area contributed by atoms with Crippen molar-refractivity contribution in [3.63, 3.8) is 0 Å². The molecule has 2 aromatic heterocycles. The molecule has 0 saturated heterocycles. The Morgan fingerprint density at radius 1 is 1.21 bits per heavy atom. The number of nitrogens with zero attached hydrogens (tertiary/aromatic N) is 5. The summed E-state index contributed by atoms with van der Waals surface area (Å²) in [5.41, 5.74) is 2.92. The summed E-state index contributed by atoms with van der Waals surface area (Å²) in [6, 6.07) is 8.18. The predicted molar refractivity (Wildman–Crippen MR) is 88.5 cm³/mol. The monoisotopic (exact) mass is 325 g/mol. The van der Waals surface area contributed by atoms with Gasteiger partial charge in [0.15, 0.2) is 0 Å². The van der Waals surface area contributed by atoms with E-state index in [4.69, 9.17) is 9.26 Å². The predicted octanol–water partition coefficient (Wildman–Crippen LogP) is 2.44. The van der Waals surface area contributed by atoms with Crippen molar-refractivity contribution < 1.29 is 9.26 Å². The lowest BCUT2D eigenvalue weighted by Gasteiger charge is -2.14. The fourth-order valence-corrected chi connectivity index (χ4v) is 2.79. The van der Waals surface area contributed by atoms with Crippen LogP contribution in [-0.4, -0.2) is 45.5 Å². The van der Waals surface area contributed by atoms with Crippen LogP contribution < -0.4 is 4.74 Å². The van der Waals surface area contributed by atoms with Gasteiger partial charge in [-0.15, -0.1) is 0 Å². The van der Waals surface area contributed by atoms with Crippen LogP contribution in [0.2, 0.25) is 0 Å². The van der Waals surface area contributed by atoms with Gasteiger partial charge in [-0.05, 0) is 19.7 Å². The van der Waals surface area contributed by atoms with E-state index in [-0.39, 0.29) is 0 Å². The second kappa shape index (κ2) is 6.09. The molecule has 7 nitrogen and oxygen atoms in total. The number of ether oxygens (including phenoxy) is 1. The SMILES string of the molecule is CN(C)Cc1ccc(-c2noc(-c3cnn4c3OCCC4)n2)cc1. The van der Waals surface area contributed by atoms with Crippen LogP contribution in [0.4, 0.5) is 0 Å². The van der Waals surface area contributed by atoms with E-state index in [9.17, 15) is 0 Å². The molecule has 3 aromatic rings. The van der Waals surface area contributed by atoms with Gasteiger partial charge in [0.1, 0.15) is 5.56 Å². The molecule has 124 valence electrons. The number of aromatic nitrogens is 4. The maximum Gasteiger partial charge on any atom is 0.265 e. The fraction of sp³-hybridized carbons (Fsp3) is 0.353. The van der Waals surface area contributed by atoms with Crippen molar-refractivity contribution in [3.05, 3.63) is 36.0 Å². The van der Waals surface area contributed by atoms with E-state index in [1.165, 1.54) is 5.56 Å². The zero-order valence-corrected chi connectivity index (χ0v) is 13.8. The van der Waals surface area contributed by atoms with Crippen LogP contribution in [0.3, 0.4) is 0 Å². The van der Waals surface area contributed by atoms with Crippen molar-refractivity contribution >= 4 is 0 Å². The summed E-state index contributed by atoms with van der Waals surface area (Å²) in [5.74, 6) is 1.71. The van der Waals surface area contributed by atoms with E-state index in [1.807, 2.05) is 30.9 Å². The highest BCUT2D eigenvalue weighted by atomic mass is 16.5. The minimum atomic E-state index is 0.436. The highest BCUT2D eigenvalue weighted by molar-refractivity contribution is 5.63. The normalized spacial score (nSPS) is 13.8. The van der Waals surface area contributed by atoms with Gasteiger partial charge in [-0.2, -0.15) is 10.1 Å². The first-order valence-corrected chi connectivity index (χ1v) is 7.97. The van der Waals surface area contributed by atoms with Crippen molar-refractivity contribution in [2.45, 2.75) is 19.5 Å². The minimum Gasteiger partial charge on any atom is -0.477 e. The average Bonchev–Trinajstić information content (AvgIpc) is 3.21. The molecular formula is C17H19N5O2. The number of hydrogen-bond donors (Lipinski definition) is 0. The molecule has 0 spiro atoms. The Hall–Kier alpha value is -2.67. The van der Waals surface area contributed by atoms with Crippen LogP contribution in [0.5, 0.6) is 5.88 Å². The molecule has 0 atom stereocenters. The Balaban J connectivity index is 1.60. The maximum absolute atomic E-state index is 5.68. The van der Waals surface area contributed by atoms with E-state index in [0.717, 1.165) is 30.6 Å². The summed E-state index contributed by atoms with van der Waals surface area (Å²) in [4.78, 5) is 6.63. The van der Waals surface area contributed by atoms with Crippen LogP contribution in [0, 0.1) is 0 Å². The van der Waals surface area contributed by atoms with Crippen LogP contribution >= 0.6 is 0 Å². The van der Waals surface area contributed by atoms with Gasteiger partial charge >= 0.3 is 0 Å². The van der Waals surface area contributed by atoms with Gasteiger partial charge in [0, 0.05) is 25.1 Å². The Morgan fingerprint density at radius 2 is 2.04 bits per heavy atom. The van der Waals surface area contributed by atoms with Gasteiger partial charge in [0.2, 0.25) is 11.7 Å². The first kappa shape index (κ1) is 14.9. The summed E-state index contributed by atoms with van der Waals surface area (Å²) in [5, 5.41) is 8.41.